The second-order valence-electron chi connectivity index (χ2n) is 10.0. The van der Waals surface area contributed by atoms with Gasteiger partial charge in [-0.25, -0.2) is 15.0 Å². The first-order valence-electron chi connectivity index (χ1n) is 13.1. The number of pyridine rings is 3. The van der Waals surface area contributed by atoms with E-state index in [1.165, 1.54) is 6.42 Å². The summed E-state index contributed by atoms with van der Waals surface area (Å²) in [5.41, 5.74) is 6.81. The van der Waals surface area contributed by atoms with Crippen molar-refractivity contribution in [1.82, 2.24) is 44.7 Å². The standard InChI is InChI=1S/C28H26N10O/c1-16-14-38(15-32-16)23-7-8-30-26-25(23)34-27(35-26)24-20-10-21(31-13-22(20)36-37-24)18-9-19(12-29-11-18)33-28(39)17-5-3-2-4-6-17/h7-15,17H,2-6H2,1H3,(H,33,39)(H,36,37)(H,30,34,35). The van der Waals surface area contributed by atoms with E-state index in [1.807, 2.05) is 35.9 Å². The summed E-state index contributed by atoms with van der Waals surface area (Å²) in [6.07, 6.45) is 15.9. The van der Waals surface area contributed by atoms with Crippen LogP contribution in [0.3, 0.4) is 0 Å². The number of fused-ring (bicyclic) bond motifs is 2. The first kappa shape index (κ1) is 23.2. The molecule has 0 spiro atoms. The van der Waals surface area contributed by atoms with Crippen molar-refractivity contribution in [1.29, 1.82) is 0 Å². The number of carbonyl (C=O) groups excluding carboxylic acids is 1. The molecule has 0 atom stereocenters. The predicted octanol–water partition coefficient (Wildman–Crippen LogP) is 4.97. The maximum absolute atomic E-state index is 12.8. The molecule has 1 saturated carbocycles. The van der Waals surface area contributed by atoms with Crippen molar-refractivity contribution in [3.8, 4) is 28.5 Å². The van der Waals surface area contributed by atoms with Crippen molar-refractivity contribution in [3.63, 3.8) is 0 Å². The molecule has 1 fully saturated rings. The van der Waals surface area contributed by atoms with E-state index in [0.717, 1.165) is 64.7 Å². The smallest absolute Gasteiger partial charge is 0.227 e. The van der Waals surface area contributed by atoms with Crippen LogP contribution >= 0.6 is 0 Å². The minimum absolute atomic E-state index is 0.0675. The summed E-state index contributed by atoms with van der Waals surface area (Å²) in [6, 6.07) is 5.77. The van der Waals surface area contributed by atoms with E-state index >= 15 is 0 Å². The van der Waals surface area contributed by atoms with Crippen LogP contribution in [0.5, 0.6) is 0 Å². The highest BCUT2D eigenvalue weighted by Crippen LogP contribution is 2.31. The van der Waals surface area contributed by atoms with E-state index in [9.17, 15) is 4.79 Å². The van der Waals surface area contributed by atoms with E-state index in [-0.39, 0.29) is 11.8 Å². The molecule has 194 valence electrons. The van der Waals surface area contributed by atoms with Gasteiger partial charge in [-0.2, -0.15) is 5.10 Å². The largest absolute Gasteiger partial charge is 0.324 e. The third-order valence-corrected chi connectivity index (χ3v) is 7.30. The van der Waals surface area contributed by atoms with Gasteiger partial charge >= 0.3 is 0 Å². The van der Waals surface area contributed by atoms with Gasteiger partial charge in [0, 0.05) is 35.5 Å². The lowest BCUT2D eigenvalue weighted by atomic mass is 9.88. The van der Waals surface area contributed by atoms with Crippen LogP contribution in [-0.4, -0.2) is 50.6 Å². The summed E-state index contributed by atoms with van der Waals surface area (Å²) in [7, 11) is 0. The van der Waals surface area contributed by atoms with Crippen molar-refractivity contribution in [3.05, 3.63) is 61.2 Å². The van der Waals surface area contributed by atoms with Gasteiger partial charge < -0.3 is 14.9 Å². The van der Waals surface area contributed by atoms with Crippen LogP contribution < -0.4 is 5.32 Å². The quantitative estimate of drug-likeness (QED) is 0.292. The monoisotopic (exact) mass is 518 g/mol. The Kier molecular flexibility index (Phi) is 5.61. The number of anilines is 1. The number of nitrogens with one attached hydrogen (secondary N) is 3. The van der Waals surface area contributed by atoms with Crippen LogP contribution in [0.15, 0.2) is 55.5 Å². The zero-order valence-electron chi connectivity index (χ0n) is 21.3. The van der Waals surface area contributed by atoms with Crippen molar-refractivity contribution < 1.29 is 4.79 Å². The van der Waals surface area contributed by atoms with Crippen LogP contribution in [0.1, 0.15) is 37.8 Å². The molecule has 7 rings (SSSR count). The minimum Gasteiger partial charge on any atom is -0.324 e. The Morgan fingerprint density at radius 3 is 2.82 bits per heavy atom. The molecule has 6 aromatic rings. The molecule has 6 aromatic heterocycles. The fraction of sp³-hybridized carbons (Fsp3) is 0.250. The minimum atomic E-state index is 0.0675. The molecule has 0 radical (unpaired) electrons. The Labute approximate surface area is 223 Å². The Balaban J connectivity index is 1.22. The molecule has 3 N–H and O–H groups in total. The highest BCUT2D eigenvalue weighted by atomic mass is 16.1. The van der Waals surface area contributed by atoms with Crippen molar-refractivity contribution >= 4 is 33.7 Å². The highest BCUT2D eigenvalue weighted by Gasteiger charge is 2.21. The van der Waals surface area contributed by atoms with Crippen LogP contribution in [-0.2, 0) is 4.79 Å². The third-order valence-electron chi connectivity index (χ3n) is 7.30. The Bertz CT molecular complexity index is 1820. The van der Waals surface area contributed by atoms with E-state index in [2.05, 4.69) is 40.4 Å². The maximum Gasteiger partial charge on any atom is 0.227 e. The lowest BCUT2D eigenvalue weighted by molar-refractivity contribution is -0.120. The maximum atomic E-state index is 12.8. The molecule has 0 aliphatic heterocycles. The second-order valence-corrected chi connectivity index (χ2v) is 10.0. The topological polar surface area (TPSA) is 143 Å². The lowest BCUT2D eigenvalue weighted by Gasteiger charge is -2.20. The van der Waals surface area contributed by atoms with E-state index < -0.39 is 0 Å². The summed E-state index contributed by atoms with van der Waals surface area (Å²) >= 11 is 0. The summed E-state index contributed by atoms with van der Waals surface area (Å²) in [6.45, 7) is 1.95. The Hall–Kier alpha value is -4.93. The van der Waals surface area contributed by atoms with Crippen molar-refractivity contribution in [2.75, 3.05) is 5.32 Å². The molecule has 11 heteroatoms. The number of hydrogen-bond acceptors (Lipinski definition) is 7. The van der Waals surface area contributed by atoms with Crippen molar-refractivity contribution in [2.45, 2.75) is 39.0 Å². The number of carbonyl (C=O) groups is 1. The number of aromatic nitrogens is 9. The van der Waals surface area contributed by atoms with Gasteiger partial charge in [-0.3, -0.25) is 19.9 Å². The number of amides is 1. The molecule has 6 heterocycles. The molecular formula is C28H26N10O. The molecule has 1 aliphatic rings. The van der Waals surface area contributed by atoms with E-state index in [4.69, 9.17) is 4.98 Å². The molecule has 1 aliphatic carbocycles. The van der Waals surface area contributed by atoms with Crippen LogP contribution in [0.25, 0.3) is 50.5 Å². The lowest BCUT2D eigenvalue weighted by Crippen LogP contribution is -2.24. The highest BCUT2D eigenvalue weighted by molar-refractivity contribution is 5.96. The molecule has 0 saturated heterocycles. The summed E-state index contributed by atoms with van der Waals surface area (Å²) in [5.74, 6) is 0.733. The number of imidazole rings is 2. The average molecular weight is 519 g/mol. The van der Waals surface area contributed by atoms with Crippen molar-refractivity contribution in [2.24, 2.45) is 5.92 Å². The first-order valence-corrected chi connectivity index (χ1v) is 13.1. The molecule has 0 unspecified atom stereocenters. The summed E-state index contributed by atoms with van der Waals surface area (Å²) in [4.78, 5) is 38.7. The molecule has 11 nitrogen and oxygen atoms in total. The van der Waals surface area contributed by atoms with Gasteiger partial charge in [0.1, 0.15) is 11.2 Å². The van der Waals surface area contributed by atoms with Gasteiger partial charge in [0.2, 0.25) is 5.91 Å². The van der Waals surface area contributed by atoms with Gasteiger partial charge in [0.15, 0.2) is 11.5 Å². The van der Waals surface area contributed by atoms with Crippen LogP contribution in [0, 0.1) is 12.8 Å². The van der Waals surface area contributed by atoms with Gasteiger partial charge in [-0.15, -0.1) is 0 Å². The zero-order chi connectivity index (χ0) is 26.3. The third kappa shape index (κ3) is 4.31. The molecular weight excluding hydrogens is 492 g/mol. The fourth-order valence-electron chi connectivity index (χ4n) is 5.28. The molecule has 1 amide bonds. The number of rotatable bonds is 5. The molecule has 0 aromatic carbocycles. The van der Waals surface area contributed by atoms with Gasteiger partial charge in [0.05, 0.1) is 47.0 Å². The Morgan fingerprint density at radius 2 is 1.97 bits per heavy atom. The summed E-state index contributed by atoms with van der Waals surface area (Å²) in [5, 5.41) is 11.5. The second kappa shape index (κ2) is 9.43. The molecule has 39 heavy (non-hydrogen) atoms. The van der Waals surface area contributed by atoms with E-state index in [1.54, 1.807) is 31.1 Å². The number of hydrogen-bond donors (Lipinski definition) is 3. The number of aryl methyl sites for hydroxylation is 1. The number of nitrogens with zero attached hydrogens (tertiary/aromatic N) is 7. The van der Waals surface area contributed by atoms with E-state index in [0.29, 0.717) is 22.9 Å². The fourth-order valence-corrected chi connectivity index (χ4v) is 5.28. The average Bonchev–Trinajstić information content (AvgIpc) is 3.71. The van der Waals surface area contributed by atoms with Gasteiger partial charge in [-0.1, -0.05) is 19.3 Å². The zero-order valence-corrected chi connectivity index (χ0v) is 21.3. The summed E-state index contributed by atoms with van der Waals surface area (Å²) < 4.78 is 1.93. The first-order chi connectivity index (χ1) is 19.1. The number of aromatic amines is 2. The predicted molar refractivity (Wildman–Crippen MR) is 147 cm³/mol. The molecule has 0 bridgehead atoms. The Morgan fingerprint density at radius 1 is 1.08 bits per heavy atom. The van der Waals surface area contributed by atoms with Gasteiger partial charge in [-0.05, 0) is 38.0 Å². The van der Waals surface area contributed by atoms with Crippen LogP contribution in [0.4, 0.5) is 5.69 Å². The SMILES string of the molecule is Cc1cn(-c2ccnc3[nH]c(-c4n[nH]c5cnc(-c6cncc(NC(=O)C7CCCCC7)c6)cc45)nc23)cn1. The van der Waals surface area contributed by atoms with Gasteiger partial charge in [0.25, 0.3) is 0 Å². The number of H-pyrrole nitrogens is 2. The van der Waals surface area contributed by atoms with Crippen LogP contribution in [0.2, 0.25) is 0 Å². The normalized spacial score (nSPS) is 14.3.